The zero-order valence-electron chi connectivity index (χ0n) is 10.6. The van der Waals surface area contributed by atoms with Gasteiger partial charge in [0.2, 0.25) is 0 Å². The molecule has 0 aliphatic rings. The molecule has 0 unspecified atom stereocenters. The monoisotopic (exact) mass is 268 g/mol. The van der Waals surface area contributed by atoms with Gasteiger partial charge < -0.3 is 19.5 Å². The Morgan fingerprint density at radius 1 is 1.17 bits per heavy atom. The van der Waals surface area contributed by atoms with Gasteiger partial charge in [0.15, 0.2) is 5.13 Å². The minimum atomic E-state index is 0.643. The quantitative estimate of drug-likeness (QED) is 0.815. The standard InChI is InChI=1S/C12H16N2O3S/c1-15-7-6-13-12-14-10-8(16-2)4-5-9(17-3)11(10)18-12/h4-5H,6-7H2,1-3H3,(H,13,14). The molecule has 0 saturated carbocycles. The van der Waals surface area contributed by atoms with Crippen LogP contribution < -0.4 is 14.8 Å². The van der Waals surface area contributed by atoms with Crippen molar-refractivity contribution >= 4 is 26.7 Å². The van der Waals surface area contributed by atoms with Crippen molar-refractivity contribution in [2.24, 2.45) is 0 Å². The molecule has 0 radical (unpaired) electrons. The second-order valence-electron chi connectivity index (χ2n) is 3.59. The van der Waals surface area contributed by atoms with Gasteiger partial charge >= 0.3 is 0 Å². The first-order valence-electron chi connectivity index (χ1n) is 5.54. The summed E-state index contributed by atoms with van der Waals surface area (Å²) in [6.45, 7) is 1.37. The molecule has 0 fully saturated rings. The van der Waals surface area contributed by atoms with Crippen LogP contribution in [0.25, 0.3) is 10.2 Å². The van der Waals surface area contributed by atoms with Crippen LogP contribution >= 0.6 is 11.3 Å². The lowest BCUT2D eigenvalue weighted by Gasteiger charge is -2.03. The summed E-state index contributed by atoms with van der Waals surface area (Å²) in [4.78, 5) is 4.51. The van der Waals surface area contributed by atoms with Gasteiger partial charge in [-0.25, -0.2) is 4.98 Å². The van der Waals surface area contributed by atoms with Crippen LogP contribution in [0.2, 0.25) is 0 Å². The molecule has 5 nitrogen and oxygen atoms in total. The number of nitrogens with one attached hydrogen (secondary N) is 1. The van der Waals surface area contributed by atoms with Crippen LogP contribution in [0.4, 0.5) is 5.13 Å². The van der Waals surface area contributed by atoms with Crippen molar-refractivity contribution in [1.82, 2.24) is 4.98 Å². The van der Waals surface area contributed by atoms with Crippen LogP contribution in [0.15, 0.2) is 12.1 Å². The van der Waals surface area contributed by atoms with E-state index in [4.69, 9.17) is 14.2 Å². The number of thiazole rings is 1. The van der Waals surface area contributed by atoms with E-state index in [0.29, 0.717) is 6.61 Å². The van der Waals surface area contributed by atoms with Gasteiger partial charge in [-0.3, -0.25) is 0 Å². The molecule has 18 heavy (non-hydrogen) atoms. The van der Waals surface area contributed by atoms with Crippen LogP contribution in [-0.2, 0) is 4.74 Å². The first-order valence-corrected chi connectivity index (χ1v) is 6.36. The minimum absolute atomic E-state index is 0.643. The van der Waals surface area contributed by atoms with Crippen LogP contribution in [0.5, 0.6) is 11.5 Å². The third-order valence-corrected chi connectivity index (χ3v) is 3.52. The Morgan fingerprint density at radius 3 is 2.56 bits per heavy atom. The van der Waals surface area contributed by atoms with E-state index in [1.165, 1.54) is 0 Å². The first kappa shape index (κ1) is 12.9. The average molecular weight is 268 g/mol. The summed E-state index contributed by atoms with van der Waals surface area (Å²) < 4.78 is 16.6. The maximum Gasteiger partial charge on any atom is 0.184 e. The highest BCUT2D eigenvalue weighted by molar-refractivity contribution is 7.22. The molecule has 2 aromatic rings. The summed E-state index contributed by atoms with van der Waals surface area (Å²) >= 11 is 1.55. The number of anilines is 1. The molecule has 98 valence electrons. The molecule has 0 aliphatic carbocycles. The van der Waals surface area contributed by atoms with E-state index < -0.39 is 0 Å². The maximum absolute atomic E-state index is 5.33. The highest BCUT2D eigenvalue weighted by Gasteiger charge is 2.13. The van der Waals surface area contributed by atoms with Crippen LogP contribution in [0.1, 0.15) is 0 Å². The van der Waals surface area contributed by atoms with Crippen molar-refractivity contribution < 1.29 is 14.2 Å². The first-order chi connectivity index (χ1) is 8.80. The van der Waals surface area contributed by atoms with Crippen molar-refractivity contribution in [3.8, 4) is 11.5 Å². The second-order valence-corrected chi connectivity index (χ2v) is 4.59. The molecule has 0 spiro atoms. The lowest BCUT2D eigenvalue weighted by Crippen LogP contribution is -2.06. The number of hydrogen-bond donors (Lipinski definition) is 1. The molecule has 0 aliphatic heterocycles. The largest absolute Gasteiger partial charge is 0.495 e. The molecule has 0 amide bonds. The number of hydrogen-bond acceptors (Lipinski definition) is 6. The molecule has 2 rings (SSSR count). The van der Waals surface area contributed by atoms with E-state index in [1.807, 2.05) is 12.1 Å². The Kier molecular flexibility index (Phi) is 4.22. The minimum Gasteiger partial charge on any atom is -0.495 e. The van der Waals surface area contributed by atoms with Gasteiger partial charge in [-0.1, -0.05) is 11.3 Å². The van der Waals surface area contributed by atoms with Crippen molar-refractivity contribution in [1.29, 1.82) is 0 Å². The molecule has 0 bridgehead atoms. The fourth-order valence-electron chi connectivity index (χ4n) is 1.62. The van der Waals surface area contributed by atoms with Crippen molar-refractivity contribution in [3.63, 3.8) is 0 Å². The fourth-order valence-corrected chi connectivity index (χ4v) is 2.62. The summed E-state index contributed by atoms with van der Waals surface area (Å²) in [6, 6.07) is 3.75. The third kappa shape index (κ3) is 2.49. The van der Waals surface area contributed by atoms with Gasteiger partial charge in [-0.15, -0.1) is 0 Å². The molecule has 6 heteroatoms. The smallest absolute Gasteiger partial charge is 0.184 e. The summed E-state index contributed by atoms with van der Waals surface area (Å²) in [6.07, 6.45) is 0. The number of nitrogens with zero attached hydrogens (tertiary/aromatic N) is 1. The van der Waals surface area contributed by atoms with Crippen LogP contribution in [0.3, 0.4) is 0 Å². The van der Waals surface area contributed by atoms with Gasteiger partial charge in [-0.2, -0.15) is 0 Å². The predicted molar refractivity (Wildman–Crippen MR) is 73.1 cm³/mol. The zero-order valence-corrected chi connectivity index (χ0v) is 11.5. The lowest BCUT2D eigenvalue weighted by molar-refractivity contribution is 0.211. The highest BCUT2D eigenvalue weighted by Crippen LogP contribution is 2.38. The summed E-state index contributed by atoms with van der Waals surface area (Å²) in [7, 11) is 4.96. The molecule has 1 heterocycles. The molecular formula is C12H16N2O3S. The number of methoxy groups -OCH3 is 3. The Hall–Kier alpha value is -1.53. The van der Waals surface area contributed by atoms with E-state index in [9.17, 15) is 0 Å². The van der Waals surface area contributed by atoms with Gasteiger partial charge in [0.05, 0.1) is 20.8 Å². The molecular weight excluding hydrogens is 252 g/mol. The number of fused-ring (bicyclic) bond motifs is 1. The summed E-state index contributed by atoms with van der Waals surface area (Å²) in [5.74, 6) is 1.56. The maximum atomic E-state index is 5.33. The third-order valence-electron chi connectivity index (χ3n) is 2.49. The highest BCUT2D eigenvalue weighted by atomic mass is 32.1. The van der Waals surface area contributed by atoms with Crippen molar-refractivity contribution in [3.05, 3.63) is 12.1 Å². The molecule has 1 aromatic heterocycles. The Morgan fingerprint density at radius 2 is 1.89 bits per heavy atom. The van der Waals surface area contributed by atoms with Crippen molar-refractivity contribution in [2.45, 2.75) is 0 Å². The Bertz CT molecular complexity index is 486. The normalized spacial score (nSPS) is 10.6. The molecule has 1 aromatic carbocycles. The number of ether oxygens (including phenoxy) is 3. The van der Waals surface area contributed by atoms with Gasteiger partial charge in [0.25, 0.3) is 0 Å². The van der Waals surface area contributed by atoms with Gasteiger partial charge in [-0.05, 0) is 12.1 Å². The Balaban J connectivity index is 2.35. The number of rotatable bonds is 6. The molecule has 0 saturated heterocycles. The molecule has 1 N–H and O–H groups in total. The predicted octanol–water partition coefficient (Wildman–Crippen LogP) is 2.37. The van der Waals surface area contributed by atoms with Crippen LogP contribution in [-0.4, -0.2) is 39.5 Å². The van der Waals surface area contributed by atoms with E-state index in [2.05, 4.69) is 10.3 Å². The second kappa shape index (κ2) is 5.88. The summed E-state index contributed by atoms with van der Waals surface area (Å²) in [5, 5.41) is 4.05. The number of benzene rings is 1. The Labute approximate surface area is 110 Å². The van der Waals surface area contributed by atoms with Gasteiger partial charge in [0.1, 0.15) is 21.7 Å². The van der Waals surface area contributed by atoms with Gasteiger partial charge in [0, 0.05) is 13.7 Å². The zero-order chi connectivity index (χ0) is 13.0. The van der Waals surface area contributed by atoms with Crippen molar-refractivity contribution in [2.75, 3.05) is 39.8 Å². The van der Waals surface area contributed by atoms with Crippen LogP contribution in [0, 0.1) is 0 Å². The van der Waals surface area contributed by atoms with E-state index >= 15 is 0 Å². The SMILES string of the molecule is COCCNc1nc2c(OC)ccc(OC)c2s1. The van der Waals surface area contributed by atoms with E-state index in [-0.39, 0.29) is 0 Å². The topological polar surface area (TPSA) is 52.6 Å². The summed E-state index contributed by atoms with van der Waals surface area (Å²) in [5.41, 5.74) is 0.821. The van der Waals surface area contributed by atoms with E-state index in [0.717, 1.165) is 33.4 Å². The molecule has 0 atom stereocenters. The lowest BCUT2D eigenvalue weighted by atomic mass is 10.3. The number of aromatic nitrogens is 1. The van der Waals surface area contributed by atoms with E-state index in [1.54, 1.807) is 32.7 Å². The fraction of sp³-hybridized carbons (Fsp3) is 0.417. The average Bonchev–Trinajstić information content (AvgIpc) is 2.81.